The van der Waals surface area contributed by atoms with Gasteiger partial charge < -0.3 is 5.73 Å². The molecule has 1 aromatic heterocycles. The van der Waals surface area contributed by atoms with Crippen LogP contribution in [-0.4, -0.2) is 5.84 Å². The maximum atomic E-state index is 5.92. The van der Waals surface area contributed by atoms with Crippen LogP contribution < -0.4 is 5.73 Å². The molecule has 0 radical (unpaired) electrons. The second-order valence-electron chi connectivity index (χ2n) is 4.41. The Labute approximate surface area is 96.2 Å². The van der Waals surface area contributed by atoms with Gasteiger partial charge in [-0.15, -0.1) is 11.3 Å². The van der Waals surface area contributed by atoms with Gasteiger partial charge in [0.25, 0.3) is 0 Å². The quantitative estimate of drug-likeness (QED) is 0.617. The Morgan fingerprint density at radius 1 is 1.33 bits per heavy atom. The van der Waals surface area contributed by atoms with E-state index in [2.05, 4.69) is 50.2 Å². The number of rotatable bonds is 4. The summed E-state index contributed by atoms with van der Waals surface area (Å²) in [7, 11) is 0. The zero-order valence-electron chi connectivity index (χ0n) is 9.90. The Hall–Kier alpha value is -0.830. The highest BCUT2D eigenvalue weighted by Gasteiger charge is 2.16. The molecule has 0 aliphatic rings. The lowest BCUT2D eigenvalue weighted by molar-refractivity contribution is 0.520. The van der Waals surface area contributed by atoms with Crippen molar-refractivity contribution < 1.29 is 0 Å². The van der Waals surface area contributed by atoms with E-state index < -0.39 is 0 Å². The highest BCUT2D eigenvalue weighted by Crippen LogP contribution is 2.29. The average Bonchev–Trinajstić information content (AvgIpc) is 2.65. The smallest absolute Gasteiger partial charge is 0.0970 e. The molecular weight excluding hydrogens is 204 g/mol. The molecule has 0 spiro atoms. The number of nitrogens with two attached hydrogens (primary N) is 1. The van der Waals surface area contributed by atoms with E-state index in [9.17, 15) is 0 Å². The van der Waals surface area contributed by atoms with Crippen LogP contribution in [0, 0.1) is 11.8 Å². The molecule has 1 aromatic rings. The zero-order chi connectivity index (χ0) is 11.4. The molecule has 0 saturated carbocycles. The van der Waals surface area contributed by atoms with Gasteiger partial charge in [-0.1, -0.05) is 33.8 Å². The van der Waals surface area contributed by atoms with Crippen LogP contribution in [0.15, 0.2) is 22.5 Å². The van der Waals surface area contributed by atoms with Crippen molar-refractivity contribution in [2.24, 2.45) is 22.6 Å². The minimum Gasteiger partial charge on any atom is -0.387 e. The number of thiophene rings is 1. The molecule has 0 saturated heterocycles. The summed E-state index contributed by atoms with van der Waals surface area (Å²) in [6.45, 7) is 8.51. The summed E-state index contributed by atoms with van der Waals surface area (Å²) in [6.07, 6.45) is 0. The van der Waals surface area contributed by atoms with Crippen LogP contribution in [0.3, 0.4) is 0 Å². The van der Waals surface area contributed by atoms with Crippen molar-refractivity contribution >= 4 is 17.2 Å². The normalized spacial score (nSPS) is 14.9. The van der Waals surface area contributed by atoms with Crippen molar-refractivity contribution in [3.63, 3.8) is 0 Å². The van der Waals surface area contributed by atoms with Gasteiger partial charge in [0.2, 0.25) is 0 Å². The van der Waals surface area contributed by atoms with Gasteiger partial charge in [-0.05, 0) is 17.4 Å². The van der Waals surface area contributed by atoms with E-state index in [1.165, 1.54) is 4.88 Å². The molecule has 15 heavy (non-hydrogen) atoms. The third-order valence-electron chi connectivity index (χ3n) is 2.35. The molecular formula is C12H20N2S. The molecule has 1 rings (SSSR count). The molecule has 0 aliphatic carbocycles. The summed E-state index contributed by atoms with van der Waals surface area (Å²) >= 11 is 1.75. The number of hydrogen-bond donors (Lipinski definition) is 1. The Morgan fingerprint density at radius 2 is 2.00 bits per heavy atom. The van der Waals surface area contributed by atoms with E-state index in [1.54, 1.807) is 11.3 Å². The van der Waals surface area contributed by atoms with Crippen molar-refractivity contribution in [3.8, 4) is 0 Å². The van der Waals surface area contributed by atoms with E-state index in [0.717, 1.165) is 5.84 Å². The predicted molar refractivity (Wildman–Crippen MR) is 68.4 cm³/mol. The Balaban J connectivity index is 2.90. The van der Waals surface area contributed by atoms with Crippen LogP contribution in [0.1, 0.15) is 38.6 Å². The largest absolute Gasteiger partial charge is 0.387 e. The van der Waals surface area contributed by atoms with Gasteiger partial charge >= 0.3 is 0 Å². The molecule has 1 unspecified atom stereocenters. The van der Waals surface area contributed by atoms with Crippen LogP contribution in [0.4, 0.5) is 0 Å². The van der Waals surface area contributed by atoms with Gasteiger partial charge in [-0.25, -0.2) is 0 Å². The van der Waals surface area contributed by atoms with Gasteiger partial charge in [0.05, 0.1) is 11.9 Å². The summed E-state index contributed by atoms with van der Waals surface area (Å²) in [5.74, 6) is 1.56. The van der Waals surface area contributed by atoms with Crippen LogP contribution in [0.25, 0.3) is 0 Å². The molecule has 2 N–H and O–H groups in total. The Morgan fingerprint density at radius 3 is 2.40 bits per heavy atom. The van der Waals surface area contributed by atoms with Crippen LogP contribution in [0.2, 0.25) is 0 Å². The van der Waals surface area contributed by atoms with Crippen LogP contribution in [0.5, 0.6) is 0 Å². The molecule has 0 fully saturated rings. The van der Waals surface area contributed by atoms with Gasteiger partial charge in [-0.2, -0.15) is 0 Å². The molecule has 2 nitrogen and oxygen atoms in total. The first kappa shape index (κ1) is 12.2. The maximum Gasteiger partial charge on any atom is 0.0970 e. The SMILES string of the molecule is CC(C)C(N)=NC(c1cccs1)C(C)C. The van der Waals surface area contributed by atoms with Crippen molar-refractivity contribution in [3.05, 3.63) is 22.4 Å². The molecule has 0 bridgehead atoms. The highest BCUT2D eigenvalue weighted by atomic mass is 32.1. The standard InChI is InChI=1S/C12H20N2S/c1-8(2)11(10-6-5-7-15-10)14-12(13)9(3)4/h5-9,11H,1-4H3,(H2,13,14). The lowest BCUT2D eigenvalue weighted by atomic mass is 10.0. The van der Waals surface area contributed by atoms with Gasteiger partial charge in [-0.3, -0.25) is 4.99 Å². The number of hydrogen-bond acceptors (Lipinski definition) is 2. The fraction of sp³-hybridized carbons (Fsp3) is 0.583. The summed E-state index contributed by atoms with van der Waals surface area (Å²) in [6, 6.07) is 4.41. The number of aliphatic imine (C=N–C) groups is 1. The van der Waals surface area contributed by atoms with Crippen molar-refractivity contribution in [2.75, 3.05) is 0 Å². The second-order valence-corrected chi connectivity index (χ2v) is 5.39. The summed E-state index contributed by atoms with van der Waals surface area (Å²) in [5.41, 5.74) is 5.92. The van der Waals surface area contributed by atoms with Gasteiger partial charge in [0.1, 0.15) is 0 Å². The molecule has 84 valence electrons. The summed E-state index contributed by atoms with van der Waals surface area (Å²) in [4.78, 5) is 5.92. The van der Waals surface area contributed by atoms with Crippen molar-refractivity contribution in [2.45, 2.75) is 33.7 Å². The lowest BCUT2D eigenvalue weighted by Crippen LogP contribution is -2.21. The van der Waals surface area contributed by atoms with Gasteiger partial charge in [0.15, 0.2) is 0 Å². The maximum absolute atomic E-state index is 5.92. The third-order valence-corrected chi connectivity index (χ3v) is 3.29. The first-order valence-electron chi connectivity index (χ1n) is 5.39. The van der Waals surface area contributed by atoms with Gasteiger partial charge in [0, 0.05) is 10.8 Å². The number of nitrogens with zero attached hydrogens (tertiary/aromatic N) is 1. The molecule has 0 aliphatic heterocycles. The van der Waals surface area contributed by atoms with Crippen LogP contribution in [-0.2, 0) is 0 Å². The molecule has 0 aromatic carbocycles. The van der Waals surface area contributed by atoms with E-state index in [-0.39, 0.29) is 6.04 Å². The topological polar surface area (TPSA) is 38.4 Å². The molecule has 0 amide bonds. The van der Waals surface area contributed by atoms with Crippen molar-refractivity contribution in [1.82, 2.24) is 0 Å². The third kappa shape index (κ3) is 3.34. The fourth-order valence-electron chi connectivity index (χ4n) is 1.31. The minimum absolute atomic E-state index is 0.215. The highest BCUT2D eigenvalue weighted by molar-refractivity contribution is 7.10. The van der Waals surface area contributed by atoms with E-state index >= 15 is 0 Å². The average molecular weight is 224 g/mol. The lowest BCUT2D eigenvalue weighted by Gasteiger charge is -2.17. The van der Waals surface area contributed by atoms with E-state index in [1.807, 2.05) is 0 Å². The molecule has 1 atom stereocenters. The summed E-state index contributed by atoms with van der Waals surface area (Å²) < 4.78 is 0. The van der Waals surface area contributed by atoms with E-state index in [0.29, 0.717) is 11.8 Å². The zero-order valence-corrected chi connectivity index (χ0v) is 10.7. The van der Waals surface area contributed by atoms with Crippen LogP contribution >= 0.6 is 11.3 Å². The first-order chi connectivity index (χ1) is 7.02. The fourth-order valence-corrected chi connectivity index (χ4v) is 2.25. The predicted octanol–water partition coefficient (Wildman–Crippen LogP) is 3.46. The second kappa shape index (κ2) is 5.31. The monoisotopic (exact) mass is 224 g/mol. The first-order valence-corrected chi connectivity index (χ1v) is 6.27. The number of amidine groups is 1. The minimum atomic E-state index is 0.215. The van der Waals surface area contributed by atoms with E-state index in [4.69, 9.17) is 5.73 Å². The Kier molecular flexibility index (Phi) is 4.33. The summed E-state index contributed by atoms with van der Waals surface area (Å²) in [5, 5.41) is 2.09. The van der Waals surface area contributed by atoms with Crippen molar-refractivity contribution in [1.29, 1.82) is 0 Å². The molecule has 1 heterocycles. The Bertz CT molecular complexity index is 312. The molecule has 3 heteroatoms.